The van der Waals surface area contributed by atoms with Gasteiger partial charge in [-0.1, -0.05) is 243 Å². The number of nitrogens with zero attached hydrogens (tertiary/aromatic N) is 7. The van der Waals surface area contributed by atoms with Crippen LogP contribution >= 0.6 is 0 Å². The lowest BCUT2D eigenvalue weighted by Crippen LogP contribution is -2.13. The maximum atomic E-state index is 6.45. The molecule has 0 saturated carbocycles. The van der Waals surface area contributed by atoms with E-state index in [1.807, 2.05) is 36.4 Å². The maximum absolute atomic E-state index is 6.45. The van der Waals surface area contributed by atoms with Crippen molar-refractivity contribution in [2.24, 2.45) is 0 Å². The van der Waals surface area contributed by atoms with E-state index in [1.165, 1.54) is 43.4 Å². The number of benzene rings is 22. The molecule has 0 spiro atoms. The lowest BCUT2D eigenvalue weighted by Gasteiger charge is -2.30. The lowest BCUT2D eigenvalue weighted by molar-refractivity contribution is 0.668. The maximum Gasteiger partial charge on any atom is 0.136 e. The molecule has 28 aromatic rings. The Balaban J connectivity index is 0.554. The highest BCUT2D eigenvalue weighted by Crippen LogP contribution is 2.49. The predicted molar refractivity (Wildman–Crippen MR) is 592 cm³/mol. The van der Waals surface area contributed by atoms with Crippen molar-refractivity contribution in [1.29, 1.82) is 0 Å². The molecule has 142 heavy (non-hydrogen) atoms. The molecule has 6 heterocycles. The van der Waals surface area contributed by atoms with Crippen LogP contribution in [0.4, 0.5) is 68.2 Å². The summed E-state index contributed by atoms with van der Waals surface area (Å²) in [7, 11) is 0. The van der Waals surface area contributed by atoms with Gasteiger partial charge >= 0.3 is 0 Å². The first-order valence-corrected chi connectivity index (χ1v) is 48.3. The first-order valence-electron chi connectivity index (χ1n) is 48.3. The van der Waals surface area contributed by atoms with Crippen LogP contribution in [-0.4, -0.2) is 13.7 Å². The summed E-state index contributed by atoms with van der Waals surface area (Å²) in [6.45, 7) is 0. The summed E-state index contributed by atoms with van der Waals surface area (Å²) >= 11 is 0. The van der Waals surface area contributed by atoms with Crippen molar-refractivity contribution < 1.29 is 13.3 Å². The number of rotatable bonds is 19. The molecule has 10 nitrogen and oxygen atoms in total. The van der Waals surface area contributed by atoms with Crippen LogP contribution < -0.4 is 19.6 Å². The van der Waals surface area contributed by atoms with E-state index in [1.54, 1.807) is 0 Å². The minimum atomic E-state index is 0.864. The van der Waals surface area contributed by atoms with E-state index in [4.69, 9.17) is 13.3 Å². The van der Waals surface area contributed by atoms with E-state index < -0.39 is 0 Å². The lowest BCUT2D eigenvalue weighted by atomic mass is 10.0. The summed E-state index contributed by atoms with van der Waals surface area (Å²) in [6, 6.07) is 187. The largest absolute Gasteiger partial charge is 0.456 e. The van der Waals surface area contributed by atoms with Gasteiger partial charge in [0.05, 0.1) is 33.1 Å². The fourth-order valence-electron chi connectivity index (χ4n) is 21.9. The number of aromatic nitrogens is 3. The van der Waals surface area contributed by atoms with Gasteiger partial charge in [0.2, 0.25) is 0 Å². The Morgan fingerprint density at radius 3 is 0.472 bits per heavy atom. The highest BCUT2D eigenvalue weighted by molar-refractivity contribution is 6.14. The van der Waals surface area contributed by atoms with Crippen LogP contribution in [0.3, 0.4) is 0 Å². The van der Waals surface area contributed by atoms with Crippen LogP contribution in [0.25, 0.3) is 193 Å². The molecule has 0 aliphatic heterocycles. The topological polar surface area (TPSA) is 67.2 Å². The van der Waals surface area contributed by atoms with Crippen LogP contribution in [0.2, 0.25) is 0 Å². The van der Waals surface area contributed by atoms with Crippen molar-refractivity contribution in [2.45, 2.75) is 0 Å². The molecule has 6 aromatic heterocycles. The van der Waals surface area contributed by atoms with Crippen LogP contribution in [-0.2, 0) is 0 Å². The summed E-state index contributed by atoms with van der Waals surface area (Å²) in [5, 5.41) is 14.0. The molecular formula is C132H85N7O3. The van der Waals surface area contributed by atoms with Gasteiger partial charge in [-0.3, -0.25) is 0 Å². The van der Waals surface area contributed by atoms with E-state index in [-0.39, 0.29) is 0 Å². The Kier molecular flexibility index (Phi) is 19.1. The molecule has 0 radical (unpaired) electrons. The van der Waals surface area contributed by atoms with Crippen molar-refractivity contribution >= 4 is 199 Å². The zero-order valence-corrected chi connectivity index (χ0v) is 76.9. The number of anilines is 12. The summed E-state index contributed by atoms with van der Waals surface area (Å²) in [6.07, 6.45) is 0. The van der Waals surface area contributed by atoms with Crippen LogP contribution in [0, 0.1) is 0 Å². The minimum absolute atomic E-state index is 0.864. The molecule has 28 rings (SSSR count). The van der Waals surface area contributed by atoms with Gasteiger partial charge in [-0.2, -0.15) is 0 Å². The van der Waals surface area contributed by atoms with Crippen LogP contribution in [0.1, 0.15) is 0 Å². The highest BCUT2D eigenvalue weighted by Gasteiger charge is 2.25. The number of fused-ring (bicyclic) bond motifs is 18. The van der Waals surface area contributed by atoms with Crippen molar-refractivity contribution in [2.75, 3.05) is 19.6 Å². The Hall–Kier alpha value is -19.2. The molecule has 0 fully saturated rings. The van der Waals surface area contributed by atoms with Gasteiger partial charge in [0, 0.05) is 150 Å². The Morgan fingerprint density at radius 2 is 0.268 bits per heavy atom. The summed E-state index contributed by atoms with van der Waals surface area (Å²) < 4.78 is 26.5. The molecule has 22 aromatic carbocycles. The van der Waals surface area contributed by atoms with Gasteiger partial charge in [-0.15, -0.1) is 0 Å². The quantitative estimate of drug-likeness (QED) is 0.0799. The van der Waals surface area contributed by atoms with Gasteiger partial charge in [-0.25, -0.2) is 0 Å². The molecule has 0 unspecified atom stereocenters. The second-order valence-corrected chi connectivity index (χ2v) is 36.7. The molecule has 0 bridgehead atoms. The first-order chi connectivity index (χ1) is 70.4. The fraction of sp³-hybridized carbons (Fsp3) is 0. The Bertz CT molecular complexity index is 9240. The molecule has 0 aliphatic rings. The zero-order valence-electron chi connectivity index (χ0n) is 76.9. The average Bonchev–Trinajstić information content (AvgIpc) is 1.59. The van der Waals surface area contributed by atoms with Gasteiger partial charge in [0.15, 0.2) is 0 Å². The third kappa shape index (κ3) is 13.8. The van der Waals surface area contributed by atoms with Crippen molar-refractivity contribution in [1.82, 2.24) is 13.7 Å². The number of hydrogen-bond donors (Lipinski definition) is 0. The summed E-state index contributed by atoms with van der Waals surface area (Å²) in [4.78, 5) is 9.47. The van der Waals surface area contributed by atoms with Crippen LogP contribution in [0.15, 0.2) is 529 Å². The molecule has 0 saturated heterocycles. The molecule has 0 amide bonds. The Labute approximate surface area is 817 Å². The van der Waals surface area contributed by atoms with Gasteiger partial charge in [0.1, 0.15) is 33.5 Å². The molecule has 666 valence electrons. The Morgan fingerprint density at radius 1 is 0.120 bits per heavy atom. The normalized spacial score (nSPS) is 11.8. The minimum Gasteiger partial charge on any atom is -0.456 e. The zero-order chi connectivity index (χ0) is 93.4. The monoisotopic (exact) mass is 1820 g/mol. The van der Waals surface area contributed by atoms with E-state index in [0.29, 0.717) is 0 Å². The smallest absolute Gasteiger partial charge is 0.136 e. The second-order valence-electron chi connectivity index (χ2n) is 36.7. The molecule has 10 heteroatoms. The van der Waals surface area contributed by atoms with Gasteiger partial charge < -0.3 is 46.6 Å². The van der Waals surface area contributed by atoms with Gasteiger partial charge in [-0.05, 0) is 317 Å². The van der Waals surface area contributed by atoms with Crippen molar-refractivity contribution in [3.05, 3.63) is 516 Å². The summed E-state index contributed by atoms with van der Waals surface area (Å²) in [5.41, 5.74) is 36.2. The number of furan rings is 3. The molecular weight excluding hydrogens is 1730 g/mol. The average molecular weight is 1820 g/mol. The van der Waals surface area contributed by atoms with Crippen molar-refractivity contribution in [3.63, 3.8) is 0 Å². The first kappa shape index (κ1) is 81.2. The SMILES string of the molecule is c1ccc2c(c1)oc1cc(-c3ccc(N(c4ccc(-c5ccc(N(c6ccc(N(c7ccc(-c8ccc9c(c8)oc8ccccc89)cc7)c7ccc(-n8c9ccccc9c9ccccc98)cc7)cc6)c6ccc(N(c7ccc(-c8ccc9c(c8)oc8ccccc89)cc7)c7ccc(-n8c9ccccc9c9ccccc98)cc7)cc6)cc5)cc4)c4ccc(-n5c6ccccc6c6ccccc65)cc4)cc3)ccc12. The van der Waals surface area contributed by atoms with E-state index in [9.17, 15) is 0 Å². The predicted octanol–water partition coefficient (Wildman–Crippen LogP) is 37.2. The number of hydrogen-bond acceptors (Lipinski definition) is 7. The van der Waals surface area contributed by atoms with E-state index in [0.717, 1.165) is 218 Å². The standard InChI is InChI=1S/C132H85N7O3/c1-10-28-121-109(19-1)110-20-2-11-29-122(110)137(121)106-74-68-103(69-75-106)133(96-54-41-88(42-55-96)91-47-80-118-115-25-7-16-34-127(115)140-130(118)83-91)94-50-37-86(38-51-94)87-39-52-95(53-40-87)134(99-60-64-101(65-61-99)135(97-56-43-89(44-57-97)92-48-81-119-116-26-8-17-35-128(116)141-131(119)84-92)104-70-76-107(77-71-104)138-123-30-12-3-21-111(123)112-22-4-13-31-124(112)138)100-62-66-102(67-63-100)136(98-58-45-90(46-59-98)93-49-82-120-117-27-9-18-36-129(117)142-132(120)85-93)105-72-78-108(79-73-105)139-125-32-14-5-23-113(125)114-24-6-15-33-126(114)139/h1-85H. The van der Waals surface area contributed by atoms with Gasteiger partial charge in [0.25, 0.3) is 0 Å². The van der Waals surface area contributed by atoms with Crippen LogP contribution in [0.5, 0.6) is 0 Å². The third-order valence-corrected chi connectivity index (χ3v) is 28.7. The highest BCUT2D eigenvalue weighted by atomic mass is 16.3. The third-order valence-electron chi connectivity index (χ3n) is 28.7. The van der Waals surface area contributed by atoms with E-state index in [2.05, 4.69) is 513 Å². The van der Waals surface area contributed by atoms with Crippen molar-refractivity contribution in [3.8, 4) is 61.6 Å². The van der Waals surface area contributed by atoms with E-state index >= 15 is 0 Å². The number of para-hydroxylation sites is 9. The second kappa shape index (κ2) is 33.4. The summed E-state index contributed by atoms with van der Waals surface area (Å²) in [5.74, 6) is 0. The fourth-order valence-corrected chi connectivity index (χ4v) is 21.9. The molecule has 0 N–H and O–H groups in total. The molecule has 0 aliphatic carbocycles. The molecule has 0 atom stereocenters.